The highest BCUT2D eigenvalue weighted by atomic mass is 16.6. The van der Waals surface area contributed by atoms with Crippen molar-refractivity contribution in [1.82, 2.24) is 5.43 Å². The van der Waals surface area contributed by atoms with E-state index in [4.69, 9.17) is 9.47 Å². The number of amides is 2. The maximum Gasteiger partial charge on any atom is 0.343 e. The van der Waals surface area contributed by atoms with Crippen LogP contribution in [0.25, 0.3) is 0 Å². The van der Waals surface area contributed by atoms with E-state index in [2.05, 4.69) is 20.6 Å². The first-order valence-corrected chi connectivity index (χ1v) is 8.65. The Hall–Kier alpha value is -3.55. The number of carbonyl (C=O) groups is 2. The van der Waals surface area contributed by atoms with Gasteiger partial charge < -0.3 is 19.5 Å². The molecule has 0 unspecified atom stereocenters. The topological polar surface area (TPSA) is 98.3 Å². The zero-order valence-corrected chi connectivity index (χ0v) is 16.0. The van der Waals surface area contributed by atoms with Crippen LogP contribution in [0.15, 0.2) is 47.6 Å². The maximum absolute atomic E-state index is 11.9. The van der Waals surface area contributed by atoms with Crippen molar-refractivity contribution in [2.75, 3.05) is 25.6 Å². The second-order valence-corrected chi connectivity index (χ2v) is 5.64. The highest BCUT2D eigenvalue weighted by Gasteiger charge is 2.09. The van der Waals surface area contributed by atoms with E-state index < -0.39 is 12.0 Å². The predicted octanol–water partition coefficient (Wildman–Crippen LogP) is 3.10. The van der Waals surface area contributed by atoms with Gasteiger partial charge >= 0.3 is 12.0 Å². The minimum Gasteiger partial charge on any atom is -0.490 e. The molecule has 0 aromatic heterocycles. The first-order valence-electron chi connectivity index (χ1n) is 8.65. The average molecular weight is 385 g/mol. The molecule has 0 spiro atoms. The van der Waals surface area contributed by atoms with Gasteiger partial charge in [0, 0.05) is 5.69 Å². The third-order valence-corrected chi connectivity index (χ3v) is 3.61. The fourth-order valence-electron chi connectivity index (χ4n) is 2.22. The van der Waals surface area contributed by atoms with Gasteiger partial charge in [-0.05, 0) is 49.2 Å². The van der Waals surface area contributed by atoms with Gasteiger partial charge in [-0.25, -0.2) is 15.0 Å². The number of esters is 1. The number of hydrogen-bond acceptors (Lipinski definition) is 6. The number of para-hydroxylation sites is 1. The molecule has 2 aromatic carbocycles. The number of ether oxygens (including phenoxy) is 3. The van der Waals surface area contributed by atoms with Crippen molar-refractivity contribution in [2.24, 2.45) is 5.10 Å². The monoisotopic (exact) mass is 385 g/mol. The standard InChI is InChI=1S/C20H23N3O5/c1-4-27-18-11-15(9-10-17(18)28-13-19(24)26-3)12-21-23-20(25)22-16-8-6-5-7-14(16)2/h5-12H,4,13H2,1-3H3,(H2,22,23,25). The molecule has 0 atom stereocenters. The molecule has 0 aliphatic heterocycles. The lowest BCUT2D eigenvalue weighted by Gasteiger charge is -2.11. The van der Waals surface area contributed by atoms with Crippen LogP contribution in [0.2, 0.25) is 0 Å². The molecule has 0 aliphatic carbocycles. The fraction of sp³-hybridized carbons (Fsp3) is 0.250. The van der Waals surface area contributed by atoms with Gasteiger partial charge in [-0.15, -0.1) is 0 Å². The van der Waals surface area contributed by atoms with Crippen LogP contribution in [0.4, 0.5) is 10.5 Å². The molecule has 2 aromatic rings. The summed E-state index contributed by atoms with van der Waals surface area (Å²) in [7, 11) is 1.29. The van der Waals surface area contributed by atoms with Crippen molar-refractivity contribution in [1.29, 1.82) is 0 Å². The van der Waals surface area contributed by atoms with Crippen molar-refractivity contribution in [3.05, 3.63) is 53.6 Å². The molecule has 28 heavy (non-hydrogen) atoms. The second kappa shape index (κ2) is 10.6. The van der Waals surface area contributed by atoms with Gasteiger partial charge in [-0.3, -0.25) is 0 Å². The maximum atomic E-state index is 11.9. The van der Waals surface area contributed by atoms with Gasteiger partial charge in [0.05, 0.1) is 19.9 Å². The number of hydrazone groups is 1. The van der Waals surface area contributed by atoms with Crippen LogP contribution in [0, 0.1) is 6.92 Å². The van der Waals surface area contributed by atoms with Gasteiger partial charge in [-0.2, -0.15) is 5.10 Å². The number of carbonyl (C=O) groups excluding carboxylic acids is 2. The quantitative estimate of drug-likeness (QED) is 0.413. The third-order valence-electron chi connectivity index (χ3n) is 3.61. The van der Waals surface area contributed by atoms with E-state index in [1.807, 2.05) is 32.0 Å². The molecule has 148 valence electrons. The number of nitrogens with zero attached hydrogens (tertiary/aromatic N) is 1. The largest absolute Gasteiger partial charge is 0.490 e. The molecule has 2 rings (SSSR count). The van der Waals surface area contributed by atoms with Crippen LogP contribution in [-0.4, -0.2) is 38.5 Å². The normalized spacial score (nSPS) is 10.4. The van der Waals surface area contributed by atoms with Crippen LogP contribution in [0.5, 0.6) is 11.5 Å². The molecule has 2 amide bonds. The Kier molecular flexibility index (Phi) is 7.83. The summed E-state index contributed by atoms with van der Waals surface area (Å²) in [6, 6.07) is 12.1. The number of rotatable bonds is 8. The lowest BCUT2D eigenvalue weighted by molar-refractivity contribution is -0.142. The molecule has 0 heterocycles. The minimum atomic E-state index is -0.489. The van der Waals surface area contributed by atoms with Crippen LogP contribution < -0.4 is 20.2 Å². The first-order chi connectivity index (χ1) is 13.5. The van der Waals surface area contributed by atoms with Gasteiger partial charge in [-0.1, -0.05) is 18.2 Å². The Labute approximate surface area is 163 Å². The smallest absolute Gasteiger partial charge is 0.343 e. The summed E-state index contributed by atoms with van der Waals surface area (Å²) in [4.78, 5) is 23.2. The van der Waals surface area contributed by atoms with Gasteiger partial charge in [0.25, 0.3) is 0 Å². The third kappa shape index (κ3) is 6.31. The fourth-order valence-corrected chi connectivity index (χ4v) is 2.22. The number of aryl methyl sites for hydroxylation is 1. The lowest BCUT2D eigenvalue weighted by Crippen LogP contribution is -2.24. The zero-order chi connectivity index (χ0) is 20.4. The molecule has 0 saturated heterocycles. The van der Waals surface area contributed by atoms with E-state index in [9.17, 15) is 9.59 Å². The molecule has 2 N–H and O–H groups in total. The van der Waals surface area contributed by atoms with Crippen LogP contribution in [0.1, 0.15) is 18.1 Å². The van der Waals surface area contributed by atoms with E-state index in [0.717, 1.165) is 5.56 Å². The Bertz CT molecular complexity index is 851. The Morgan fingerprint density at radius 3 is 2.61 bits per heavy atom. The summed E-state index contributed by atoms with van der Waals surface area (Å²) in [5.41, 5.74) is 4.75. The first kappa shape index (κ1) is 20.8. The minimum absolute atomic E-state index is 0.218. The number of nitrogens with one attached hydrogen (secondary N) is 2. The van der Waals surface area contributed by atoms with E-state index in [1.165, 1.54) is 13.3 Å². The second-order valence-electron chi connectivity index (χ2n) is 5.64. The average Bonchev–Trinajstić information content (AvgIpc) is 2.69. The van der Waals surface area contributed by atoms with Crippen molar-refractivity contribution < 1.29 is 23.8 Å². The van der Waals surface area contributed by atoms with E-state index >= 15 is 0 Å². The molecule has 0 aliphatic rings. The molecular formula is C20H23N3O5. The van der Waals surface area contributed by atoms with Crippen LogP contribution in [0.3, 0.4) is 0 Å². The van der Waals surface area contributed by atoms with Crippen molar-refractivity contribution in [3.8, 4) is 11.5 Å². The summed E-state index contributed by atoms with van der Waals surface area (Å²) in [6.07, 6.45) is 1.48. The van der Waals surface area contributed by atoms with Crippen LogP contribution >= 0.6 is 0 Å². The molecule has 0 saturated carbocycles. The molecule has 8 nitrogen and oxygen atoms in total. The number of methoxy groups -OCH3 is 1. The van der Waals surface area contributed by atoms with Crippen molar-refractivity contribution in [2.45, 2.75) is 13.8 Å². The molecule has 0 radical (unpaired) electrons. The Morgan fingerprint density at radius 2 is 1.89 bits per heavy atom. The predicted molar refractivity (Wildman–Crippen MR) is 106 cm³/mol. The van der Waals surface area contributed by atoms with Gasteiger partial charge in [0.1, 0.15) is 0 Å². The SMILES string of the molecule is CCOc1cc(C=NNC(=O)Nc2ccccc2C)ccc1OCC(=O)OC. The molecular weight excluding hydrogens is 362 g/mol. The Balaban J connectivity index is 1.98. The van der Waals surface area contributed by atoms with Crippen LogP contribution in [-0.2, 0) is 9.53 Å². The number of benzene rings is 2. The lowest BCUT2D eigenvalue weighted by atomic mass is 10.2. The summed E-state index contributed by atoms with van der Waals surface area (Å²) in [5, 5.41) is 6.65. The van der Waals surface area contributed by atoms with Gasteiger partial charge in [0.15, 0.2) is 18.1 Å². The van der Waals surface area contributed by atoms with Crippen molar-refractivity contribution in [3.63, 3.8) is 0 Å². The number of anilines is 1. The summed E-state index contributed by atoms with van der Waals surface area (Å²) in [6.45, 7) is 3.94. The highest BCUT2D eigenvalue weighted by molar-refractivity contribution is 5.91. The molecule has 8 heteroatoms. The molecule has 0 fully saturated rings. The summed E-state index contributed by atoms with van der Waals surface area (Å²) < 4.78 is 15.5. The Morgan fingerprint density at radius 1 is 1.11 bits per heavy atom. The number of hydrogen-bond donors (Lipinski definition) is 2. The highest BCUT2D eigenvalue weighted by Crippen LogP contribution is 2.28. The van der Waals surface area contributed by atoms with Gasteiger partial charge in [0.2, 0.25) is 0 Å². The number of urea groups is 1. The van der Waals surface area contributed by atoms with E-state index in [-0.39, 0.29) is 6.61 Å². The molecule has 0 bridgehead atoms. The summed E-state index contributed by atoms with van der Waals surface area (Å²) in [5.74, 6) is 0.381. The summed E-state index contributed by atoms with van der Waals surface area (Å²) >= 11 is 0. The van der Waals surface area contributed by atoms with E-state index in [1.54, 1.807) is 24.3 Å². The van der Waals surface area contributed by atoms with Crippen molar-refractivity contribution >= 4 is 23.9 Å². The van der Waals surface area contributed by atoms with E-state index in [0.29, 0.717) is 29.4 Å². The zero-order valence-electron chi connectivity index (χ0n) is 16.0.